The van der Waals surface area contributed by atoms with E-state index in [4.69, 9.17) is 0 Å². The highest BCUT2D eigenvalue weighted by Gasteiger charge is 2.40. The minimum Gasteiger partial charge on any atom is -0.351 e. The minimum atomic E-state index is -0.604. The quantitative estimate of drug-likeness (QED) is 0.687. The lowest BCUT2D eigenvalue weighted by Crippen LogP contribution is -2.53. The number of nitrogens with zero attached hydrogens (tertiary/aromatic N) is 3. The third-order valence-corrected chi connectivity index (χ3v) is 6.69. The van der Waals surface area contributed by atoms with E-state index in [2.05, 4.69) is 10.2 Å². The number of hydrogen-bond acceptors (Lipinski definition) is 4. The summed E-state index contributed by atoms with van der Waals surface area (Å²) in [6.45, 7) is 7.82. The fourth-order valence-corrected chi connectivity index (χ4v) is 4.46. The Balaban J connectivity index is 1.25. The zero-order valence-electron chi connectivity index (χ0n) is 19.4. The molecule has 2 aliphatic rings. The number of aryl methyl sites for hydroxylation is 2. The summed E-state index contributed by atoms with van der Waals surface area (Å²) < 4.78 is 0. The molecule has 2 aromatic rings. The number of hydrogen-bond donors (Lipinski definition) is 1. The molecule has 4 rings (SSSR count). The van der Waals surface area contributed by atoms with Crippen molar-refractivity contribution in [2.24, 2.45) is 5.92 Å². The number of benzene rings is 2. The molecule has 7 nitrogen and oxygen atoms in total. The fourth-order valence-electron chi connectivity index (χ4n) is 4.46. The van der Waals surface area contributed by atoms with E-state index in [0.29, 0.717) is 52.2 Å². The van der Waals surface area contributed by atoms with Gasteiger partial charge in [-0.3, -0.25) is 19.3 Å². The van der Waals surface area contributed by atoms with Crippen molar-refractivity contribution in [1.82, 2.24) is 15.1 Å². The zero-order chi connectivity index (χ0) is 23.4. The number of carbonyl (C=O) groups is 3. The normalized spacial score (nSPS) is 19.1. The molecule has 0 spiro atoms. The van der Waals surface area contributed by atoms with E-state index in [1.807, 2.05) is 62.4 Å². The number of anilines is 1. The van der Waals surface area contributed by atoms with Gasteiger partial charge in [0.1, 0.15) is 5.92 Å². The Kier molecular flexibility index (Phi) is 7.08. The van der Waals surface area contributed by atoms with Gasteiger partial charge in [-0.15, -0.1) is 0 Å². The van der Waals surface area contributed by atoms with Gasteiger partial charge in [0, 0.05) is 45.0 Å². The molecule has 7 heteroatoms. The predicted octanol–water partition coefficient (Wildman–Crippen LogP) is 2.12. The van der Waals surface area contributed by atoms with Crippen LogP contribution in [0.5, 0.6) is 0 Å². The molecular weight excluding hydrogens is 416 g/mol. The number of nitrogens with one attached hydrogen (secondary N) is 1. The largest absolute Gasteiger partial charge is 0.351 e. The third kappa shape index (κ3) is 5.42. The molecule has 0 aliphatic carbocycles. The van der Waals surface area contributed by atoms with Crippen LogP contribution in [0, 0.1) is 19.8 Å². The van der Waals surface area contributed by atoms with Gasteiger partial charge >= 0.3 is 0 Å². The number of carbonyl (C=O) groups excluding carboxylic acids is 3. The molecule has 0 bridgehead atoms. The van der Waals surface area contributed by atoms with E-state index in [0.717, 1.165) is 16.8 Å². The van der Waals surface area contributed by atoms with Gasteiger partial charge < -0.3 is 15.1 Å². The van der Waals surface area contributed by atoms with Crippen molar-refractivity contribution in [2.75, 3.05) is 44.2 Å². The van der Waals surface area contributed by atoms with Gasteiger partial charge in [0.25, 0.3) is 0 Å². The second-order valence-corrected chi connectivity index (χ2v) is 8.96. The van der Waals surface area contributed by atoms with Crippen molar-refractivity contribution in [3.63, 3.8) is 0 Å². The lowest BCUT2D eigenvalue weighted by molar-refractivity contribution is -0.141. The second-order valence-electron chi connectivity index (χ2n) is 8.96. The summed E-state index contributed by atoms with van der Waals surface area (Å²) in [6, 6.07) is 15.8. The minimum absolute atomic E-state index is 0.0198. The second kappa shape index (κ2) is 10.2. The molecule has 2 heterocycles. The first-order chi connectivity index (χ1) is 15.9. The van der Waals surface area contributed by atoms with Crippen LogP contribution in [0.4, 0.5) is 5.69 Å². The van der Waals surface area contributed by atoms with Crippen LogP contribution >= 0.6 is 0 Å². The Morgan fingerprint density at radius 2 is 1.67 bits per heavy atom. The van der Waals surface area contributed by atoms with Gasteiger partial charge in [-0.25, -0.2) is 0 Å². The zero-order valence-corrected chi connectivity index (χ0v) is 19.4. The topological polar surface area (TPSA) is 73.0 Å². The first-order valence-electron chi connectivity index (χ1n) is 11.6. The lowest BCUT2D eigenvalue weighted by atomic mass is 10.1. The molecule has 0 saturated carbocycles. The summed E-state index contributed by atoms with van der Waals surface area (Å²) in [5.74, 6) is -0.813. The van der Waals surface area contributed by atoms with E-state index in [9.17, 15) is 14.4 Å². The molecule has 1 unspecified atom stereocenters. The van der Waals surface area contributed by atoms with Gasteiger partial charge in [-0.1, -0.05) is 36.4 Å². The van der Waals surface area contributed by atoms with Crippen LogP contribution in [-0.2, 0) is 20.9 Å². The Bertz CT molecular complexity index is 1020. The van der Waals surface area contributed by atoms with Crippen molar-refractivity contribution in [1.29, 1.82) is 0 Å². The summed E-state index contributed by atoms with van der Waals surface area (Å²) in [5.41, 5.74) is 4.26. The smallest absolute Gasteiger partial charge is 0.239 e. The molecule has 0 radical (unpaired) electrons. The molecule has 1 atom stereocenters. The van der Waals surface area contributed by atoms with Crippen LogP contribution in [0.3, 0.4) is 0 Å². The monoisotopic (exact) mass is 448 g/mol. The number of piperazine rings is 1. The molecule has 2 aromatic carbocycles. The number of rotatable bonds is 6. The van der Waals surface area contributed by atoms with Gasteiger partial charge in [-0.2, -0.15) is 0 Å². The van der Waals surface area contributed by atoms with Crippen LogP contribution in [0.15, 0.2) is 48.5 Å². The van der Waals surface area contributed by atoms with Gasteiger partial charge in [-0.05, 0) is 49.1 Å². The summed E-state index contributed by atoms with van der Waals surface area (Å²) in [7, 11) is 0. The first-order valence-corrected chi connectivity index (χ1v) is 11.6. The highest BCUT2D eigenvalue weighted by atomic mass is 16.2. The average molecular weight is 449 g/mol. The van der Waals surface area contributed by atoms with Crippen LogP contribution in [0.2, 0.25) is 0 Å². The Morgan fingerprint density at radius 3 is 2.36 bits per heavy atom. The SMILES string of the molecule is Cc1ccc(N2CCC(C(=O)N3CCN(CC(=O)NCc4ccccc4)CC3)C2=O)cc1C. The van der Waals surface area contributed by atoms with Crippen molar-refractivity contribution in [3.05, 3.63) is 65.2 Å². The van der Waals surface area contributed by atoms with Gasteiger partial charge in [0.15, 0.2) is 0 Å². The molecule has 33 heavy (non-hydrogen) atoms. The van der Waals surface area contributed by atoms with Crippen molar-refractivity contribution in [3.8, 4) is 0 Å². The maximum absolute atomic E-state index is 13.1. The van der Waals surface area contributed by atoms with Crippen molar-refractivity contribution < 1.29 is 14.4 Å². The third-order valence-electron chi connectivity index (χ3n) is 6.69. The Hall–Kier alpha value is -3.19. The van der Waals surface area contributed by atoms with E-state index < -0.39 is 5.92 Å². The van der Waals surface area contributed by atoms with Gasteiger partial charge in [0.05, 0.1) is 6.54 Å². The lowest BCUT2D eigenvalue weighted by Gasteiger charge is -2.35. The molecule has 1 N–H and O–H groups in total. The molecule has 0 aromatic heterocycles. The molecule has 2 saturated heterocycles. The average Bonchev–Trinajstić information content (AvgIpc) is 3.21. The summed E-state index contributed by atoms with van der Waals surface area (Å²) in [5, 5.41) is 2.95. The maximum atomic E-state index is 13.1. The Morgan fingerprint density at radius 1 is 0.939 bits per heavy atom. The van der Waals surface area contributed by atoms with Gasteiger partial charge in [0.2, 0.25) is 17.7 Å². The fraction of sp³-hybridized carbons (Fsp3) is 0.423. The maximum Gasteiger partial charge on any atom is 0.239 e. The highest BCUT2D eigenvalue weighted by molar-refractivity contribution is 6.09. The molecule has 2 aliphatic heterocycles. The van der Waals surface area contributed by atoms with Crippen LogP contribution in [0.1, 0.15) is 23.1 Å². The molecule has 174 valence electrons. The van der Waals surface area contributed by atoms with Crippen LogP contribution in [-0.4, -0.2) is 66.8 Å². The highest BCUT2D eigenvalue weighted by Crippen LogP contribution is 2.28. The molecular formula is C26H32N4O3. The van der Waals surface area contributed by atoms with Crippen molar-refractivity contribution in [2.45, 2.75) is 26.8 Å². The van der Waals surface area contributed by atoms with E-state index in [-0.39, 0.29) is 17.7 Å². The molecule has 3 amide bonds. The standard InChI is InChI=1S/C26H32N4O3/c1-19-8-9-22(16-20(19)2)30-11-10-23(26(30)33)25(32)29-14-12-28(13-15-29)18-24(31)27-17-21-6-4-3-5-7-21/h3-9,16,23H,10-15,17-18H2,1-2H3,(H,27,31). The summed E-state index contributed by atoms with van der Waals surface area (Å²) >= 11 is 0. The Labute approximate surface area is 195 Å². The summed E-state index contributed by atoms with van der Waals surface area (Å²) in [4.78, 5) is 43.9. The van der Waals surface area contributed by atoms with Crippen LogP contribution in [0.25, 0.3) is 0 Å². The van der Waals surface area contributed by atoms with E-state index >= 15 is 0 Å². The predicted molar refractivity (Wildman–Crippen MR) is 128 cm³/mol. The van der Waals surface area contributed by atoms with E-state index in [1.165, 1.54) is 5.56 Å². The van der Waals surface area contributed by atoms with Crippen molar-refractivity contribution >= 4 is 23.4 Å². The number of amides is 3. The first kappa shape index (κ1) is 23.0. The van der Waals surface area contributed by atoms with Crippen LogP contribution < -0.4 is 10.2 Å². The summed E-state index contributed by atoms with van der Waals surface area (Å²) in [6.07, 6.45) is 0.548. The van der Waals surface area contributed by atoms with E-state index in [1.54, 1.807) is 9.80 Å². The molecule has 2 fully saturated rings.